The topological polar surface area (TPSA) is 85.2 Å². The van der Waals surface area contributed by atoms with Crippen LogP contribution in [0.25, 0.3) is 0 Å². The van der Waals surface area contributed by atoms with Gasteiger partial charge >= 0.3 is 0 Å². The van der Waals surface area contributed by atoms with Gasteiger partial charge in [-0.2, -0.15) is 4.98 Å². The van der Waals surface area contributed by atoms with E-state index in [0.29, 0.717) is 18.1 Å². The third-order valence-corrected chi connectivity index (χ3v) is 2.17. The summed E-state index contributed by atoms with van der Waals surface area (Å²) in [6.45, 7) is 8.15. The molecule has 0 saturated carbocycles. The molecule has 0 aliphatic heterocycles. The molecule has 1 aromatic rings. The highest BCUT2D eigenvalue weighted by molar-refractivity contribution is 4.94. The predicted octanol–water partition coefficient (Wildman–Crippen LogP) is 0.910. The van der Waals surface area contributed by atoms with E-state index in [9.17, 15) is 5.11 Å². The van der Waals surface area contributed by atoms with Crippen LogP contribution in [0.2, 0.25) is 0 Å². The summed E-state index contributed by atoms with van der Waals surface area (Å²) in [7, 11) is 0. The minimum absolute atomic E-state index is 0.123. The number of aliphatic hydroxyl groups is 1. The Morgan fingerprint density at radius 2 is 1.88 bits per heavy atom. The van der Waals surface area contributed by atoms with E-state index in [1.807, 2.05) is 0 Å². The molecule has 0 aliphatic carbocycles. The molecule has 3 N–H and O–H groups in total. The van der Waals surface area contributed by atoms with Crippen molar-refractivity contribution in [2.45, 2.75) is 46.1 Å². The Kier molecular flexibility index (Phi) is 3.70. The quantitative estimate of drug-likeness (QED) is 0.798. The van der Waals surface area contributed by atoms with Crippen molar-refractivity contribution in [2.24, 2.45) is 11.1 Å². The zero-order chi connectivity index (χ0) is 12.4. The molecule has 0 saturated heterocycles. The molecule has 0 amide bonds. The normalized spacial score (nSPS) is 16.1. The molecule has 0 spiro atoms. The summed E-state index contributed by atoms with van der Waals surface area (Å²) in [5.41, 5.74) is 4.56. The second-order valence-corrected chi connectivity index (χ2v) is 5.72. The highest BCUT2D eigenvalue weighted by Crippen LogP contribution is 2.19. The lowest BCUT2D eigenvalue weighted by molar-refractivity contribution is 0.0610. The first-order chi connectivity index (χ1) is 7.22. The molecule has 0 aliphatic rings. The van der Waals surface area contributed by atoms with Gasteiger partial charge in [-0.1, -0.05) is 25.9 Å². The second-order valence-electron chi connectivity index (χ2n) is 5.72. The van der Waals surface area contributed by atoms with Gasteiger partial charge < -0.3 is 15.4 Å². The van der Waals surface area contributed by atoms with Crippen LogP contribution in [0.1, 0.15) is 39.4 Å². The minimum Gasteiger partial charge on any atom is -0.388 e. The van der Waals surface area contributed by atoms with Gasteiger partial charge in [0.1, 0.15) is 0 Å². The van der Waals surface area contributed by atoms with E-state index in [1.54, 1.807) is 6.92 Å². The summed E-state index contributed by atoms with van der Waals surface area (Å²) in [6, 6.07) is 0. The number of hydrogen-bond donors (Lipinski definition) is 2. The predicted molar refractivity (Wildman–Crippen MR) is 60.8 cm³/mol. The van der Waals surface area contributed by atoms with Crippen molar-refractivity contribution in [2.75, 3.05) is 6.54 Å². The van der Waals surface area contributed by atoms with Crippen LogP contribution in [-0.4, -0.2) is 27.4 Å². The summed E-state index contributed by atoms with van der Waals surface area (Å²) < 4.78 is 5.07. The van der Waals surface area contributed by atoms with Crippen molar-refractivity contribution in [1.29, 1.82) is 0 Å². The van der Waals surface area contributed by atoms with E-state index in [4.69, 9.17) is 10.3 Å². The van der Waals surface area contributed by atoms with Crippen LogP contribution >= 0.6 is 0 Å². The first-order valence-electron chi connectivity index (χ1n) is 5.46. The molecule has 0 bridgehead atoms. The average Bonchev–Trinajstić information content (AvgIpc) is 2.48. The van der Waals surface area contributed by atoms with Crippen molar-refractivity contribution >= 4 is 0 Å². The summed E-state index contributed by atoms with van der Waals surface area (Å²) in [5.74, 6) is 1.12. The van der Waals surface area contributed by atoms with Gasteiger partial charge in [-0.15, -0.1) is 0 Å². The van der Waals surface area contributed by atoms with E-state index in [-0.39, 0.29) is 12.0 Å². The highest BCUT2D eigenvalue weighted by Gasteiger charge is 2.23. The highest BCUT2D eigenvalue weighted by atomic mass is 16.5. The largest absolute Gasteiger partial charge is 0.388 e. The Bertz CT molecular complexity index is 339. The van der Waals surface area contributed by atoms with Crippen LogP contribution < -0.4 is 5.73 Å². The standard InChI is InChI=1S/C11H21N3O2/c1-10(2,3)5-8-13-9(16-14-8)6-11(4,15)7-12/h15H,5-7,12H2,1-4H3. The lowest BCUT2D eigenvalue weighted by Crippen LogP contribution is -2.36. The fourth-order valence-corrected chi connectivity index (χ4v) is 1.31. The van der Waals surface area contributed by atoms with Gasteiger partial charge in [0.25, 0.3) is 0 Å². The fourth-order valence-electron chi connectivity index (χ4n) is 1.31. The average molecular weight is 227 g/mol. The second kappa shape index (κ2) is 4.51. The Morgan fingerprint density at radius 1 is 1.25 bits per heavy atom. The summed E-state index contributed by atoms with van der Waals surface area (Å²) >= 11 is 0. The van der Waals surface area contributed by atoms with E-state index >= 15 is 0 Å². The van der Waals surface area contributed by atoms with E-state index in [2.05, 4.69) is 30.9 Å². The van der Waals surface area contributed by atoms with Crippen LogP contribution in [0.15, 0.2) is 4.52 Å². The molecule has 16 heavy (non-hydrogen) atoms. The van der Waals surface area contributed by atoms with Gasteiger partial charge in [-0.05, 0) is 12.3 Å². The van der Waals surface area contributed by atoms with E-state index in [1.165, 1.54) is 0 Å². The first kappa shape index (κ1) is 13.1. The summed E-state index contributed by atoms with van der Waals surface area (Å²) in [4.78, 5) is 4.24. The van der Waals surface area contributed by atoms with Gasteiger partial charge in [0.15, 0.2) is 5.82 Å². The molecule has 0 aromatic carbocycles. The monoisotopic (exact) mass is 227 g/mol. The van der Waals surface area contributed by atoms with Crippen LogP contribution in [-0.2, 0) is 12.8 Å². The molecular formula is C11H21N3O2. The van der Waals surface area contributed by atoms with Crippen molar-refractivity contribution in [3.8, 4) is 0 Å². The summed E-state index contributed by atoms with van der Waals surface area (Å²) in [6.07, 6.45) is 1.04. The maximum absolute atomic E-state index is 9.77. The van der Waals surface area contributed by atoms with Crippen molar-refractivity contribution in [1.82, 2.24) is 10.1 Å². The smallest absolute Gasteiger partial charge is 0.229 e. The molecular weight excluding hydrogens is 206 g/mol. The van der Waals surface area contributed by atoms with Crippen LogP contribution in [0.5, 0.6) is 0 Å². The number of nitrogens with two attached hydrogens (primary N) is 1. The van der Waals surface area contributed by atoms with E-state index in [0.717, 1.165) is 6.42 Å². The van der Waals surface area contributed by atoms with Gasteiger partial charge in [-0.3, -0.25) is 0 Å². The molecule has 1 heterocycles. The van der Waals surface area contributed by atoms with Gasteiger partial charge in [0.05, 0.1) is 12.0 Å². The molecule has 92 valence electrons. The van der Waals surface area contributed by atoms with Gasteiger partial charge in [0, 0.05) is 13.0 Å². The van der Waals surface area contributed by atoms with Crippen LogP contribution in [0.4, 0.5) is 0 Å². The van der Waals surface area contributed by atoms with Gasteiger partial charge in [0.2, 0.25) is 5.89 Å². The Labute approximate surface area is 96.0 Å². The van der Waals surface area contributed by atoms with E-state index < -0.39 is 5.60 Å². The third kappa shape index (κ3) is 4.28. The Balaban J connectivity index is 2.65. The molecule has 1 rings (SSSR count). The lowest BCUT2D eigenvalue weighted by atomic mass is 9.92. The third-order valence-electron chi connectivity index (χ3n) is 2.17. The van der Waals surface area contributed by atoms with Crippen LogP contribution in [0.3, 0.4) is 0 Å². The Morgan fingerprint density at radius 3 is 2.38 bits per heavy atom. The molecule has 0 fully saturated rings. The molecule has 0 radical (unpaired) electrons. The molecule has 1 aromatic heterocycles. The summed E-state index contributed by atoms with van der Waals surface area (Å²) in [5, 5.41) is 13.6. The van der Waals surface area contributed by atoms with Crippen molar-refractivity contribution in [3.63, 3.8) is 0 Å². The maximum Gasteiger partial charge on any atom is 0.229 e. The number of nitrogens with zero attached hydrogens (tertiary/aromatic N) is 2. The number of aromatic nitrogens is 2. The minimum atomic E-state index is -0.981. The Hall–Kier alpha value is -0.940. The number of rotatable bonds is 4. The van der Waals surface area contributed by atoms with Crippen LogP contribution in [0, 0.1) is 5.41 Å². The molecule has 1 atom stereocenters. The zero-order valence-corrected chi connectivity index (χ0v) is 10.4. The zero-order valence-electron chi connectivity index (χ0n) is 10.4. The SMILES string of the molecule is CC(C)(C)Cc1noc(CC(C)(O)CN)n1. The molecule has 1 unspecified atom stereocenters. The first-order valence-corrected chi connectivity index (χ1v) is 5.46. The van der Waals surface area contributed by atoms with Crippen molar-refractivity contribution in [3.05, 3.63) is 11.7 Å². The maximum atomic E-state index is 9.77. The molecule has 5 heteroatoms. The lowest BCUT2D eigenvalue weighted by Gasteiger charge is -2.17. The van der Waals surface area contributed by atoms with Crippen molar-refractivity contribution < 1.29 is 9.63 Å². The number of hydrogen-bond acceptors (Lipinski definition) is 5. The molecule has 5 nitrogen and oxygen atoms in total. The fraction of sp³-hybridized carbons (Fsp3) is 0.818. The van der Waals surface area contributed by atoms with Gasteiger partial charge in [-0.25, -0.2) is 0 Å².